The Hall–Kier alpha value is -0.570. The number of aliphatic hydroxyl groups excluding tert-OH is 1. The average Bonchev–Trinajstić information content (AvgIpc) is 2.25. The Labute approximate surface area is 71.7 Å². The molecule has 0 aromatic rings. The fraction of sp³-hybridized carbons (Fsp3) is 0.889. The monoisotopic (exact) mass is 170 g/mol. The Kier molecular flexibility index (Phi) is 1.65. The summed E-state index contributed by atoms with van der Waals surface area (Å²) in [6.45, 7) is 1.95. The molecular formula is C9H14O3. The van der Waals surface area contributed by atoms with Crippen molar-refractivity contribution in [2.45, 2.75) is 38.9 Å². The number of carbonyl (C=O) groups is 1. The maximum absolute atomic E-state index is 11.2. The molecule has 0 bridgehead atoms. The highest BCUT2D eigenvalue weighted by Gasteiger charge is 2.54. The zero-order valence-corrected chi connectivity index (χ0v) is 7.25. The highest BCUT2D eigenvalue weighted by Crippen LogP contribution is 2.48. The lowest BCUT2D eigenvalue weighted by molar-refractivity contribution is -0.160. The number of fused-ring (bicyclic) bond motifs is 1. The third kappa shape index (κ3) is 0.891. The molecule has 0 aromatic heterocycles. The summed E-state index contributed by atoms with van der Waals surface area (Å²) in [5, 5.41) is 9.51. The molecule has 0 aromatic carbocycles. The van der Waals surface area contributed by atoms with Gasteiger partial charge in [0, 0.05) is 5.41 Å². The third-order valence-corrected chi connectivity index (χ3v) is 3.33. The second-order valence-corrected chi connectivity index (χ2v) is 4.09. The fourth-order valence-electron chi connectivity index (χ4n) is 2.37. The summed E-state index contributed by atoms with van der Waals surface area (Å²) in [5.41, 5.74) is -0.296. The minimum absolute atomic E-state index is 0.0544. The van der Waals surface area contributed by atoms with Crippen LogP contribution in [0.5, 0.6) is 0 Å². The van der Waals surface area contributed by atoms with E-state index in [0.717, 1.165) is 25.7 Å². The van der Waals surface area contributed by atoms with Crippen molar-refractivity contribution in [3.8, 4) is 0 Å². The van der Waals surface area contributed by atoms with E-state index in [1.165, 1.54) is 0 Å². The van der Waals surface area contributed by atoms with Gasteiger partial charge in [0.1, 0.15) is 0 Å². The van der Waals surface area contributed by atoms with Gasteiger partial charge in [-0.15, -0.1) is 0 Å². The van der Waals surface area contributed by atoms with Gasteiger partial charge in [-0.3, -0.25) is 4.79 Å². The predicted molar refractivity (Wildman–Crippen MR) is 42.2 cm³/mol. The molecule has 3 heteroatoms. The number of hydrogen-bond donors (Lipinski definition) is 1. The molecule has 0 amide bonds. The van der Waals surface area contributed by atoms with E-state index in [1.807, 2.05) is 6.92 Å². The van der Waals surface area contributed by atoms with E-state index in [-0.39, 0.29) is 17.3 Å². The van der Waals surface area contributed by atoms with E-state index in [9.17, 15) is 9.90 Å². The fourth-order valence-corrected chi connectivity index (χ4v) is 2.37. The van der Waals surface area contributed by atoms with Gasteiger partial charge in [-0.2, -0.15) is 0 Å². The lowest BCUT2D eigenvalue weighted by Gasteiger charge is -2.33. The van der Waals surface area contributed by atoms with Crippen molar-refractivity contribution < 1.29 is 14.6 Å². The van der Waals surface area contributed by atoms with Crippen LogP contribution in [-0.2, 0) is 9.53 Å². The van der Waals surface area contributed by atoms with Gasteiger partial charge in [0.25, 0.3) is 0 Å². The molecule has 68 valence electrons. The van der Waals surface area contributed by atoms with E-state index >= 15 is 0 Å². The summed E-state index contributed by atoms with van der Waals surface area (Å²) in [7, 11) is 0. The van der Waals surface area contributed by atoms with Crippen LogP contribution in [0.15, 0.2) is 0 Å². The maximum atomic E-state index is 11.2. The molecule has 1 N–H and O–H groups in total. The van der Waals surface area contributed by atoms with Crippen molar-refractivity contribution in [3.63, 3.8) is 0 Å². The van der Waals surface area contributed by atoms with Gasteiger partial charge in [-0.1, -0.05) is 19.8 Å². The molecule has 0 spiro atoms. The molecular weight excluding hydrogens is 156 g/mol. The summed E-state index contributed by atoms with van der Waals surface area (Å²) < 4.78 is 4.83. The Balaban J connectivity index is 2.27. The largest absolute Gasteiger partial charge is 0.435 e. The van der Waals surface area contributed by atoms with E-state index in [4.69, 9.17) is 4.74 Å². The van der Waals surface area contributed by atoms with Crippen LogP contribution in [0.3, 0.4) is 0 Å². The molecule has 3 atom stereocenters. The lowest BCUT2D eigenvalue weighted by atomic mass is 9.69. The number of esters is 1. The van der Waals surface area contributed by atoms with Crippen molar-refractivity contribution in [1.29, 1.82) is 0 Å². The van der Waals surface area contributed by atoms with Crippen LogP contribution in [0.4, 0.5) is 0 Å². The van der Waals surface area contributed by atoms with Crippen LogP contribution >= 0.6 is 0 Å². The normalized spacial score (nSPS) is 47.0. The summed E-state index contributed by atoms with van der Waals surface area (Å²) in [6.07, 6.45) is 3.11. The Morgan fingerprint density at radius 1 is 1.58 bits per heavy atom. The van der Waals surface area contributed by atoms with Crippen LogP contribution in [-0.4, -0.2) is 17.4 Å². The zero-order valence-electron chi connectivity index (χ0n) is 7.25. The molecule has 3 nitrogen and oxygen atoms in total. The predicted octanol–water partition coefficient (Wildman–Crippen LogP) is 1.06. The first-order chi connectivity index (χ1) is 5.64. The van der Waals surface area contributed by atoms with Gasteiger partial charge in [0.2, 0.25) is 6.29 Å². The number of aliphatic hydroxyl groups is 1. The van der Waals surface area contributed by atoms with Crippen LogP contribution in [0.25, 0.3) is 0 Å². The highest BCUT2D eigenvalue weighted by molar-refractivity contribution is 5.76. The smallest absolute Gasteiger partial charge is 0.312 e. The number of carbonyl (C=O) groups excluding carboxylic acids is 1. The molecule has 1 aliphatic heterocycles. The van der Waals surface area contributed by atoms with Crippen molar-refractivity contribution in [3.05, 3.63) is 0 Å². The van der Waals surface area contributed by atoms with Crippen LogP contribution in [0.1, 0.15) is 32.6 Å². The maximum Gasteiger partial charge on any atom is 0.312 e. The second-order valence-electron chi connectivity index (χ2n) is 4.09. The van der Waals surface area contributed by atoms with Crippen molar-refractivity contribution in [2.75, 3.05) is 0 Å². The summed E-state index contributed by atoms with van der Waals surface area (Å²) in [5.74, 6) is -0.258. The first-order valence-corrected chi connectivity index (χ1v) is 4.53. The Morgan fingerprint density at radius 3 is 3.00 bits per heavy atom. The van der Waals surface area contributed by atoms with Gasteiger partial charge in [0.15, 0.2) is 0 Å². The first kappa shape index (κ1) is 8.05. The minimum atomic E-state index is -0.865. The lowest BCUT2D eigenvalue weighted by Crippen LogP contribution is -2.36. The van der Waals surface area contributed by atoms with Gasteiger partial charge in [0.05, 0.1) is 5.92 Å². The second kappa shape index (κ2) is 2.46. The first-order valence-electron chi connectivity index (χ1n) is 4.53. The summed E-state index contributed by atoms with van der Waals surface area (Å²) in [4.78, 5) is 11.2. The van der Waals surface area contributed by atoms with Crippen LogP contribution < -0.4 is 0 Å². The van der Waals surface area contributed by atoms with Crippen molar-refractivity contribution >= 4 is 5.97 Å². The zero-order chi connectivity index (χ0) is 8.77. The number of ether oxygens (including phenoxy) is 1. The van der Waals surface area contributed by atoms with E-state index in [0.29, 0.717) is 0 Å². The number of cyclic esters (lactones) is 1. The molecule has 2 aliphatic rings. The van der Waals surface area contributed by atoms with Crippen LogP contribution in [0.2, 0.25) is 0 Å². The third-order valence-electron chi connectivity index (χ3n) is 3.33. The van der Waals surface area contributed by atoms with Crippen molar-refractivity contribution in [1.82, 2.24) is 0 Å². The molecule has 0 radical (unpaired) electrons. The van der Waals surface area contributed by atoms with Gasteiger partial charge in [-0.05, 0) is 12.8 Å². The Bertz CT molecular complexity index is 214. The van der Waals surface area contributed by atoms with Gasteiger partial charge >= 0.3 is 5.97 Å². The standard InChI is InChI=1S/C9H14O3/c1-9-5-3-2-4-6(9)7(10)12-8(9)11/h6,8,11H,2-5H2,1H3. The Morgan fingerprint density at radius 2 is 2.33 bits per heavy atom. The summed E-state index contributed by atoms with van der Waals surface area (Å²) >= 11 is 0. The molecule has 12 heavy (non-hydrogen) atoms. The highest BCUT2D eigenvalue weighted by atomic mass is 16.6. The molecule has 1 aliphatic carbocycles. The molecule has 1 saturated heterocycles. The molecule has 2 rings (SSSR count). The molecule has 2 fully saturated rings. The van der Waals surface area contributed by atoms with E-state index < -0.39 is 6.29 Å². The molecule has 1 heterocycles. The number of rotatable bonds is 0. The van der Waals surface area contributed by atoms with E-state index in [1.54, 1.807) is 0 Å². The van der Waals surface area contributed by atoms with Gasteiger partial charge in [-0.25, -0.2) is 0 Å². The molecule has 3 unspecified atom stereocenters. The van der Waals surface area contributed by atoms with Crippen molar-refractivity contribution in [2.24, 2.45) is 11.3 Å². The quantitative estimate of drug-likeness (QED) is 0.553. The SMILES string of the molecule is CC12CCCCC1C(=O)OC2O. The van der Waals surface area contributed by atoms with Crippen LogP contribution in [0, 0.1) is 11.3 Å². The van der Waals surface area contributed by atoms with Gasteiger partial charge < -0.3 is 9.84 Å². The average molecular weight is 170 g/mol. The summed E-state index contributed by atoms with van der Waals surface area (Å²) in [6, 6.07) is 0. The minimum Gasteiger partial charge on any atom is -0.435 e. The number of hydrogen-bond acceptors (Lipinski definition) is 3. The topological polar surface area (TPSA) is 46.5 Å². The van der Waals surface area contributed by atoms with E-state index in [2.05, 4.69) is 0 Å². The molecule has 1 saturated carbocycles.